The lowest BCUT2D eigenvalue weighted by Crippen LogP contribution is -3.08. The number of quaternary nitrogens is 1. The third-order valence-corrected chi connectivity index (χ3v) is 5.74. The highest BCUT2D eigenvalue weighted by Crippen LogP contribution is 2.37. The van der Waals surface area contributed by atoms with E-state index in [2.05, 4.69) is 34.0 Å². The second-order valence-corrected chi connectivity index (χ2v) is 7.96. The van der Waals surface area contributed by atoms with Crippen LogP contribution in [0.1, 0.15) is 28.5 Å². The fourth-order valence-electron chi connectivity index (χ4n) is 2.90. The summed E-state index contributed by atoms with van der Waals surface area (Å²) in [6.07, 6.45) is 2.50. The number of thiophene rings is 1. The van der Waals surface area contributed by atoms with Crippen molar-refractivity contribution in [2.75, 3.05) is 20.2 Å². The van der Waals surface area contributed by atoms with Crippen LogP contribution >= 0.6 is 27.3 Å². The monoisotopic (exact) mass is 420 g/mol. The largest absolute Gasteiger partial charge is 0.504 e. The van der Waals surface area contributed by atoms with Crippen molar-refractivity contribution in [2.45, 2.75) is 19.9 Å². The molecule has 0 saturated carbocycles. The van der Waals surface area contributed by atoms with Gasteiger partial charge in [-0.2, -0.15) is 5.26 Å². The maximum Gasteiger partial charge on any atom is 0.166 e. The van der Waals surface area contributed by atoms with E-state index in [0.717, 1.165) is 29.5 Å². The Morgan fingerprint density at radius 3 is 3.04 bits per heavy atom. The van der Waals surface area contributed by atoms with Gasteiger partial charge in [-0.25, -0.2) is 4.99 Å². The summed E-state index contributed by atoms with van der Waals surface area (Å²) < 4.78 is 6.24. The van der Waals surface area contributed by atoms with Crippen LogP contribution in [0.2, 0.25) is 0 Å². The fraction of sp³-hybridized carbons (Fsp3) is 0.333. The molecule has 1 aliphatic rings. The second kappa shape index (κ2) is 7.56. The fourth-order valence-corrected chi connectivity index (χ4v) is 4.61. The minimum Gasteiger partial charge on any atom is -0.504 e. The summed E-state index contributed by atoms with van der Waals surface area (Å²) >= 11 is 4.99. The first-order chi connectivity index (χ1) is 12.0. The standard InChI is InChI=1S/C18H18BrN3O2S/c1-3-24-15-7-12(19)6-11(17(15)23)9-21-18-14(8-20)13-4-5-22(2)10-16(13)25-18/h6-7,9,23H,3-5,10H2,1-2H3/p+1/b21-9+. The first-order valence-corrected chi connectivity index (χ1v) is 9.69. The summed E-state index contributed by atoms with van der Waals surface area (Å²) in [6, 6.07) is 5.80. The Kier molecular flexibility index (Phi) is 5.42. The number of fused-ring (bicyclic) bond motifs is 1. The molecule has 7 heteroatoms. The molecule has 130 valence electrons. The summed E-state index contributed by atoms with van der Waals surface area (Å²) in [7, 11) is 2.16. The van der Waals surface area contributed by atoms with Gasteiger partial charge in [-0.05, 0) is 24.6 Å². The Balaban J connectivity index is 1.97. The van der Waals surface area contributed by atoms with E-state index in [1.54, 1.807) is 29.7 Å². The lowest BCUT2D eigenvalue weighted by atomic mass is 10.0. The number of likely N-dealkylation sites (N-methyl/N-ethyl adjacent to an activating group) is 1. The minimum atomic E-state index is 0.0535. The lowest BCUT2D eigenvalue weighted by Gasteiger charge is -2.18. The van der Waals surface area contributed by atoms with E-state index in [1.165, 1.54) is 9.78 Å². The molecule has 0 bridgehead atoms. The van der Waals surface area contributed by atoms with E-state index in [1.807, 2.05) is 6.92 Å². The number of ether oxygens (including phenoxy) is 1. The van der Waals surface area contributed by atoms with Crippen LogP contribution in [-0.2, 0) is 13.0 Å². The van der Waals surface area contributed by atoms with E-state index in [4.69, 9.17) is 4.74 Å². The molecule has 1 unspecified atom stereocenters. The zero-order chi connectivity index (χ0) is 18.0. The molecule has 0 radical (unpaired) electrons. The van der Waals surface area contributed by atoms with E-state index < -0.39 is 0 Å². The Bertz CT molecular complexity index is 870. The Morgan fingerprint density at radius 1 is 1.52 bits per heavy atom. The van der Waals surface area contributed by atoms with Gasteiger partial charge in [0.2, 0.25) is 0 Å². The van der Waals surface area contributed by atoms with Gasteiger partial charge in [-0.1, -0.05) is 15.9 Å². The summed E-state index contributed by atoms with van der Waals surface area (Å²) in [4.78, 5) is 7.19. The maximum atomic E-state index is 10.3. The summed E-state index contributed by atoms with van der Waals surface area (Å²) in [5.41, 5.74) is 2.36. The molecule has 1 atom stereocenters. The maximum absolute atomic E-state index is 10.3. The van der Waals surface area contributed by atoms with Crippen LogP contribution in [0.4, 0.5) is 5.00 Å². The van der Waals surface area contributed by atoms with Gasteiger partial charge in [0.15, 0.2) is 11.5 Å². The van der Waals surface area contributed by atoms with E-state index in [9.17, 15) is 10.4 Å². The number of aliphatic imine (C=N–C) groups is 1. The Hall–Kier alpha value is -1.88. The number of nitrogens with zero attached hydrogens (tertiary/aromatic N) is 2. The predicted molar refractivity (Wildman–Crippen MR) is 102 cm³/mol. The number of aromatic hydroxyl groups is 1. The van der Waals surface area contributed by atoms with Gasteiger partial charge >= 0.3 is 0 Å². The molecular formula is C18H19BrN3O2S+. The molecule has 1 aromatic carbocycles. The number of rotatable bonds is 4. The predicted octanol–water partition coefficient (Wildman–Crippen LogP) is 2.81. The number of halogens is 1. The van der Waals surface area contributed by atoms with Crippen LogP contribution in [0.3, 0.4) is 0 Å². The average Bonchev–Trinajstić information content (AvgIpc) is 2.93. The molecule has 2 N–H and O–H groups in total. The van der Waals surface area contributed by atoms with Crippen molar-refractivity contribution in [3.8, 4) is 17.6 Å². The van der Waals surface area contributed by atoms with Gasteiger partial charge in [-0.3, -0.25) is 0 Å². The van der Waals surface area contributed by atoms with Gasteiger partial charge < -0.3 is 14.7 Å². The molecule has 5 nitrogen and oxygen atoms in total. The Morgan fingerprint density at radius 2 is 2.32 bits per heavy atom. The van der Waals surface area contributed by atoms with Crippen molar-refractivity contribution in [1.82, 2.24) is 0 Å². The highest BCUT2D eigenvalue weighted by Gasteiger charge is 2.24. The third-order valence-electron chi connectivity index (χ3n) is 4.14. The lowest BCUT2D eigenvalue weighted by molar-refractivity contribution is -0.895. The van der Waals surface area contributed by atoms with E-state index in [-0.39, 0.29) is 5.75 Å². The molecule has 2 heterocycles. The quantitative estimate of drug-likeness (QED) is 0.746. The van der Waals surface area contributed by atoms with Gasteiger partial charge in [0.1, 0.15) is 17.6 Å². The molecule has 0 spiro atoms. The van der Waals surface area contributed by atoms with Crippen molar-refractivity contribution >= 4 is 38.5 Å². The highest BCUT2D eigenvalue weighted by molar-refractivity contribution is 9.10. The highest BCUT2D eigenvalue weighted by atomic mass is 79.9. The molecule has 0 aliphatic carbocycles. The van der Waals surface area contributed by atoms with Crippen molar-refractivity contribution < 1.29 is 14.7 Å². The van der Waals surface area contributed by atoms with Crippen molar-refractivity contribution in [1.29, 1.82) is 5.26 Å². The van der Waals surface area contributed by atoms with Crippen LogP contribution in [0, 0.1) is 11.3 Å². The van der Waals surface area contributed by atoms with Gasteiger partial charge in [0.05, 0.1) is 30.6 Å². The molecule has 0 fully saturated rings. The molecule has 3 rings (SSSR count). The van der Waals surface area contributed by atoms with Crippen LogP contribution in [0.5, 0.6) is 11.5 Å². The number of hydrogen-bond donors (Lipinski definition) is 2. The van der Waals surface area contributed by atoms with Crippen LogP contribution in [0.15, 0.2) is 21.6 Å². The number of benzene rings is 1. The topological polar surface area (TPSA) is 70.0 Å². The third kappa shape index (κ3) is 3.71. The molecule has 25 heavy (non-hydrogen) atoms. The molecule has 1 aliphatic heterocycles. The molecule has 0 amide bonds. The van der Waals surface area contributed by atoms with Crippen LogP contribution in [0.25, 0.3) is 0 Å². The smallest absolute Gasteiger partial charge is 0.166 e. The first kappa shape index (κ1) is 17.9. The SMILES string of the molecule is CCOc1cc(Br)cc(/C=N/c2sc3c(c2C#N)CC[NH+](C)C3)c1O. The number of hydrogen-bond acceptors (Lipinski definition) is 5. The van der Waals surface area contributed by atoms with Crippen LogP contribution in [-0.4, -0.2) is 31.5 Å². The first-order valence-electron chi connectivity index (χ1n) is 8.08. The van der Waals surface area contributed by atoms with Crippen molar-refractivity contribution in [3.05, 3.63) is 38.2 Å². The van der Waals surface area contributed by atoms with E-state index in [0.29, 0.717) is 28.5 Å². The molecular weight excluding hydrogens is 402 g/mol. The average molecular weight is 421 g/mol. The zero-order valence-corrected chi connectivity index (χ0v) is 16.5. The summed E-state index contributed by atoms with van der Waals surface area (Å²) in [6.45, 7) is 4.29. The molecule has 0 saturated heterocycles. The van der Waals surface area contributed by atoms with Gasteiger partial charge in [0, 0.05) is 22.7 Å². The normalized spacial score (nSPS) is 16.6. The number of phenols is 1. The minimum absolute atomic E-state index is 0.0535. The van der Waals surface area contributed by atoms with Crippen molar-refractivity contribution in [2.24, 2.45) is 4.99 Å². The molecule has 2 aromatic rings. The molecule has 1 aromatic heterocycles. The summed E-state index contributed by atoms with van der Waals surface area (Å²) in [5, 5.41) is 20.6. The van der Waals surface area contributed by atoms with Crippen molar-refractivity contribution in [3.63, 3.8) is 0 Å². The second-order valence-electron chi connectivity index (χ2n) is 5.96. The number of phenolic OH excluding ortho intramolecular Hbond substituents is 1. The number of nitrogens with one attached hydrogen (secondary N) is 1. The number of nitriles is 1. The summed E-state index contributed by atoms with van der Waals surface area (Å²) in [5.74, 6) is 0.465. The van der Waals surface area contributed by atoms with Crippen LogP contribution < -0.4 is 9.64 Å². The zero-order valence-electron chi connectivity index (χ0n) is 14.1. The van der Waals surface area contributed by atoms with Gasteiger partial charge in [0.25, 0.3) is 0 Å². The van der Waals surface area contributed by atoms with Gasteiger partial charge in [-0.15, -0.1) is 11.3 Å². The van der Waals surface area contributed by atoms with E-state index >= 15 is 0 Å². The Labute approximate surface area is 159 Å².